The Bertz CT molecular complexity index is 3920. The average molecular weight is 786 g/mol. The Morgan fingerprint density at radius 1 is 0.274 bits per heavy atom. The smallest absolute Gasteiger partial charge is 0.0972 e. The number of benzene rings is 10. The second-order valence-electron chi connectivity index (χ2n) is 16.4. The summed E-state index contributed by atoms with van der Waals surface area (Å²) in [5.41, 5.74) is 13.8. The quantitative estimate of drug-likeness (QED) is 0.163. The molecule has 0 spiro atoms. The summed E-state index contributed by atoms with van der Waals surface area (Å²) in [5, 5.41) is 13.5. The van der Waals surface area contributed by atoms with Crippen LogP contribution < -0.4 is 0 Å². The highest BCUT2D eigenvalue weighted by Gasteiger charge is 2.16. The van der Waals surface area contributed by atoms with Gasteiger partial charge in [-0.15, -0.1) is 0 Å². The first-order valence-corrected chi connectivity index (χ1v) is 21.2. The molecule has 13 rings (SSSR count). The fraction of sp³-hybridized carbons (Fsp3) is 0. The molecule has 3 nitrogen and oxygen atoms in total. The largest absolute Gasteiger partial charge is 0.256 e. The number of hydrogen-bond acceptors (Lipinski definition) is 3. The lowest BCUT2D eigenvalue weighted by atomic mass is 9.87. The zero-order chi connectivity index (χ0) is 40.7. The van der Waals surface area contributed by atoms with Crippen molar-refractivity contribution in [3.63, 3.8) is 0 Å². The normalized spacial score (nSPS) is 11.9. The van der Waals surface area contributed by atoms with E-state index in [1.165, 1.54) is 65.3 Å². The predicted octanol–water partition coefficient (Wildman–Crippen LogP) is 15.7. The van der Waals surface area contributed by atoms with Crippen molar-refractivity contribution in [3.8, 4) is 55.9 Å². The van der Waals surface area contributed by atoms with Crippen molar-refractivity contribution >= 4 is 75.8 Å². The first kappa shape index (κ1) is 34.6. The number of nitrogens with zero attached hydrogens (tertiary/aromatic N) is 3. The van der Waals surface area contributed by atoms with Crippen LogP contribution in [-0.2, 0) is 0 Å². The van der Waals surface area contributed by atoms with Gasteiger partial charge in [0.05, 0.1) is 27.9 Å². The second-order valence-corrected chi connectivity index (χ2v) is 16.4. The third kappa shape index (κ3) is 5.56. The van der Waals surface area contributed by atoms with Gasteiger partial charge >= 0.3 is 0 Å². The molecule has 286 valence electrons. The van der Waals surface area contributed by atoms with E-state index in [4.69, 9.17) is 15.0 Å². The Hall–Kier alpha value is -8.27. The van der Waals surface area contributed by atoms with E-state index in [0.29, 0.717) is 0 Å². The van der Waals surface area contributed by atoms with Gasteiger partial charge in [-0.3, -0.25) is 4.98 Å². The zero-order valence-electron chi connectivity index (χ0n) is 33.5. The van der Waals surface area contributed by atoms with Crippen molar-refractivity contribution in [2.75, 3.05) is 0 Å². The van der Waals surface area contributed by atoms with Crippen molar-refractivity contribution < 1.29 is 0 Å². The van der Waals surface area contributed by atoms with Crippen LogP contribution in [0.1, 0.15) is 0 Å². The maximum absolute atomic E-state index is 5.29. The Morgan fingerprint density at radius 3 is 1.52 bits per heavy atom. The molecule has 0 amide bonds. The van der Waals surface area contributed by atoms with Gasteiger partial charge in [-0.05, 0) is 107 Å². The van der Waals surface area contributed by atoms with Gasteiger partial charge < -0.3 is 0 Å². The van der Waals surface area contributed by atoms with E-state index in [-0.39, 0.29) is 0 Å². The Balaban J connectivity index is 0.863. The zero-order valence-corrected chi connectivity index (χ0v) is 33.5. The molecule has 0 aliphatic heterocycles. The lowest BCUT2D eigenvalue weighted by molar-refractivity contribution is 1.36. The molecule has 0 bridgehead atoms. The third-order valence-electron chi connectivity index (χ3n) is 12.8. The van der Waals surface area contributed by atoms with Crippen molar-refractivity contribution in [1.82, 2.24) is 15.0 Å². The number of rotatable bonds is 5. The van der Waals surface area contributed by atoms with Crippen molar-refractivity contribution in [2.45, 2.75) is 0 Å². The Labute approximate surface area is 357 Å². The minimum atomic E-state index is 0.897. The summed E-state index contributed by atoms with van der Waals surface area (Å²) in [6, 6.07) is 74.4. The lowest BCUT2D eigenvalue weighted by Crippen LogP contribution is -1.92. The highest BCUT2D eigenvalue weighted by atomic mass is 14.8. The number of hydrogen-bond donors (Lipinski definition) is 0. The van der Waals surface area contributed by atoms with E-state index >= 15 is 0 Å². The summed E-state index contributed by atoms with van der Waals surface area (Å²) in [4.78, 5) is 15.3. The predicted molar refractivity (Wildman–Crippen MR) is 261 cm³/mol. The molecule has 0 saturated heterocycles. The maximum Gasteiger partial charge on any atom is 0.0972 e. The van der Waals surface area contributed by atoms with Crippen LogP contribution in [0.3, 0.4) is 0 Å². The molecular formula is C59H35N3. The summed E-state index contributed by atoms with van der Waals surface area (Å²) in [6.07, 6.45) is 1.95. The van der Waals surface area contributed by atoms with Crippen LogP contribution in [0.2, 0.25) is 0 Å². The summed E-state index contributed by atoms with van der Waals surface area (Å²) < 4.78 is 0. The summed E-state index contributed by atoms with van der Waals surface area (Å²) >= 11 is 0. The van der Waals surface area contributed by atoms with Gasteiger partial charge in [0.15, 0.2) is 0 Å². The average Bonchev–Trinajstić information content (AvgIpc) is 3.35. The van der Waals surface area contributed by atoms with Crippen molar-refractivity contribution in [3.05, 3.63) is 212 Å². The first-order valence-electron chi connectivity index (χ1n) is 21.2. The van der Waals surface area contributed by atoms with E-state index in [2.05, 4.69) is 194 Å². The van der Waals surface area contributed by atoms with Crippen LogP contribution in [0.4, 0.5) is 0 Å². The molecule has 0 atom stereocenters. The fourth-order valence-corrected chi connectivity index (χ4v) is 9.66. The van der Waals surface area contributed by atoms with Gasteiger partial charge in [-0.2, -0.15) is 0 Å². The van der Waals surface area contributed by atoms with Crippen LogP contribution in [-0.4, -0.2) is 15.0 Å². The minimum Gasteiger partial charge on any atom is -0.256 e. The van der Waals surface area contributed by atoms with Crippen LogP contribution >= 0.6 is 0 Å². The van der Waals surface area contributed by atoms with Crippen LogP contribution in [0.5, 0.6) is 0 Å². The molecule has 0 saturated carbocycles. The monoisotopic (exact) mass is 785 g/mol. The van der Waals surface area contributed by atoms with Gasteiger partial charge in [-0.1, -0.05) is 170 Å². The van der Waals surface area contributed by atoms with Crippen LogP contribution in [0.25, 0.3) is 132 Å². The maximum atomic E-state index is 5.29. The molecule has 3 heterocycles. The molecular weight excluding hydrogens is 751 g/mol. The second kappa shape index (κ2) is 13.6. The van der Waals surface area contributed by atoms with Gasteiger partial charge in [0.1, 0.15) is 0 Å². The number of pyridine rings is 3. The number of para-hydroxylation sites is 1. The van der Waals surface area contributed by atoms with Gasteiger partial charge in [0, 0.05) is 39.0 Å². The molecule has 3 heteroatoms. The molecule has 0 aliphatic carbocycles. The fourth-order valence-electron chi connectivity index (χ4n) is 9.66. The molecule has 0 unspecified atom stereocenters. The molecule has 13 aromatic rings. The van der Waals surface area contributed by atoms with E-state index in [1.54, 1.807) is 0 Å². The van der Waals surface area contributed by atoms with Crippen molar-refractivity contribution in [1.29, 1.82) is 0 Å². The van der Waals surface area contributed by atoms with E-state index in [1.807, 2.05) is 18.3 Å². The highest BCUT2D eigenvalue weighted by Crippen LogP contribution is 2.43. The summed E-state index contributed by atoms with van der Waals surface area (Å²) in [7, 11) is 0. The molecule has 0 aliphatic rings. The standard InChI is InChI=1S/C59H35N3/c1-2-7-43-32-45(19-12-36(43)6-1)50-27-21-40-22-28-51-49(26-20-39-23-29-52(50)57(40)56(39)51)37-13-15-38(16-14-37)54-30-24-41-17-18-42-25-31-55(62-59(42)58(41)61-54)47-10-5-9-44(33-47)48-34-46-8-3-4-11-53(46)60-35-48/h1-35H. The van der Waals surface area contributed by atoms with Crippen LogP contribution in [0, 0.1) is 0 Å². The summed E-state index contributed by atoms with van der Waals surface area (Å²) in [6.45, 7) is 0. The van der Waals surface area contributed by atoms with Gasteiger partial charge in [-0.25, -0.2) is 9.97 Å². The van der Waals surface area contributed by atoms with E-state index < -0.39 is 0 Å². The lowest BCUT2D eigenvalue weighted by Gasteiger charge is -2.17. The molecule has 62 heavy (non-hydrogen) atoms. The number of fused-ring (bicyclic) bond motifs is 5. The molecule has 0 fully saturated rings. The molecule has 3 aromatic heterocycles. The Morgan fingerprint density at radius 2 is 0.790 bits per heavy atom. The topological polar surface area (TPSA) is 38.7 Å². The van der Waals surface area contributed by atoms with E-state index in [9.17, 15) is 0 Å². The van der Waals surface area contributed by atoms with Crippen molar-refractivity contribution in [2.24, 2.45) is 0 Å². The molecule has 10 aromatic carbocycles. The SMILES string of the molecule is c1cc(-c2cnc3ccccc3c2)cc(-c2ccc3ccc4ccc(-c5ccc(-c6ccc7ccc8c(-c9ccc%10ccccc%10c9)ccc9ccc6c7c98)cc5)nc4c3n2)c1. The Kier molecular flexibility index (Phi) is 7.60. The first-order chi connectivity index (χ1) is 30.7. The molecule has 0 radical (unpaired) electrons. The number of aromatic nitrogens is 3. The third-order valence-corrected chi connectivity index (χ3v) is 12.8. The van der Waals surface area contributed by atoms with E-state index in [0.717, 1.165) is 66.4 Å². The van der Waals surface area contributed by atoms with Crippen LogP contribution in [0.15, 0.2) is 212 Å². The van der Waals surface area contributed by atoms with Gasteiger partial charge in [0.25, 0.3) is 0 Å². The summed E-state index contributed by atoms with van der Waals surface area (Å²) in [5.74, 6) is 0. The molecule has 0 N–H and O–H groups in total. The highest BCUT2D eigenvalue weighted by molar-refractivity contribution is 6.27. The minimum absolute atomic E-state index is 0.897. The van der Waals surface area contributed by atoms with Gasteiger partial charge in [0.2, 0.25) is 0 Å².